The fourth-order valence-corrected chi connectivity index (χ4v) is 3.13. The van der Waals surface area contributed by atoms with Gasteiger partial charge in [-0.25, -0.2) is 14.5 Å². The molecule has 0 radical (unpaired) electrons. The predicted molar refractivity (Wildman–Crippen MR) is 87.9 cm³/mol. The van der Waals surface area contributed by atoms with Crippen LogP contribution in [0.4, 0.5) is 0 Å². The summed E-state index contributed by atoms with van der Waals surface area (Å²) in [5, 5.41) is 4.51. The van der Waals surface area contributed by atoms with Crippen LogP contribution in [-0.2, 0) is 20.1 Å². The number of aromatic nitrogens is 5. The van der Waals surface area contributed by atoms with Gasteiger partial charge < -0.3 is 4.57 Å². The minimum Gasteiger partial charge on any atom is -0.337 e. The van der Waals surface area contributed by atoms with Gasteiger partial charge >= 0.3 is 0 Å². The second-order valence-electron chi connectivity index (χ2n) is 6.53. The van der Waals surface area contributed by atoms with Crippen LogP contribution < -0.4 is 0 Å². The Kier molecular flexibility index (Phi) is 3.41. The van der Waals surface area contributed by atoms with Crippen molar-refractivity contribution in [3.8, 4) is 0 Å². The second kappa shape index (κ2) is 5.45. The molecule has 1 aliphatic carbocycles. The number of rotatable bonds is 5. The van der Waals surface area contributed by atoms with Gasteiger partial charge in [0, 0.05) is 49.0 Å². The molecule has 120 valence electrons. The molecule has 4 rings (SSSR count). The van der Waals surface area contributed by atoms with Gasteiger partial charge in [0.25, 0.3) is 0 Å². The molecular formula is C17H22N6. The van der Waals surface area contributed by atoms with Crippen LogP contribution in [0.3, 0.4) is 0 Å². The van der Waals surface area contributed by atoms with Crippen molar-refractivity contribution >= 4 is 5.65 Å². The van der Waals surface area contributed by atoms with Gasteiger partial charge in [0.2, 0.25) is 0 Å². The lowest BCUT2D eigenvalue weighted by Gasteiger charge is -2.21. The van der Waals surface area contributed by atoms with Crippen molar-refractivity contribution in [3.63, 3.8) is 0 Å². The Hall–Kier alpha value is -2.21. The molecule has 0 N–H and O–H groups in total. The molecule has 0 atom stereocenters. The van der Waals surface area contributed by atoms with Gasteiger partial charge in [0.05, 0.1) is 12.7 Å². The quantitative estimate of drug-likeness (QED) is 0.725. The summed E-state index contributed by atoms with van der Waals surface area (Å²) >= 11 is 0. The maximum absolute atomic E-state index is 4.70. The first-order valence-corrected chi connectivity index (χ1v) is 8.13. The molecule has 1 aliphatic rings. The summed E-state index contributed by atoms with van der Waals surface area (Å²) in [4.78, 5) is 11.7. The molecule has 23 heavy (non-hydrogen) atoms. The van der Waals surface area contributed by atoms with Crippen LogP contribution in [0.1, 0.15) is 35.6 Å². The van der Waals surface area contributed by atoms with Crippen LogP contribution in [-0.4, -0.2) is 35.1 Å². The molecule has 3 aromatic rings. The Labute approximate surface area is 135 Å². The van der Waals surface area contributed by atoms with Gasteiger partial charge in [0.15, 0.2) is 5.65 Å². The van der Waals surface area contributed by atoms with Crippen molar-refractivity contribution in [2.24, 2.45) is 7.05 Å². The third kappa shape index (κ3) is 2.74. The van der Waals surface area contributed by atoms with Crippen molar-refractivity contribution < 1.29 is 0 Å². The van der Waals surface area contributed by atoms with Crippen LogP contribution in [0, 0.1) is 13.8 Å². The highest BCUT2D eigenvalue weighted by Gasteiger charge is 2.30. The van der Waals surface area contributed by atoms with Crippen molar-refractivity contribution in [1.29, 1.82) is 0 Å². The Bertz CT molecular complexity index is 842. The van der Waals surface area contributed by atoms with Gasteiger partial charge in [-0.1, -0.05) is 0 Å². The van der Waals surface area contributed by atoms with E-state index in [1.165, 1.54) is 18.4 Å². The number of imidazole rings is 1. The molecule has 1 saturated carbocycles. The zero-order chi connectivity index (χ0) is 16.0. The molecule has 0 spiro atoms. The first kappa shape index (κ1) is 14.4. The molecule has 3 aromatic heterocycles. The van der Waals surface area contributed by atoms with E-state index in [1.54, 1.807) is 0 Å². The van der Waals surface area contributed by atoms with Crippen molar-refractivity contribution in [3.05, 3.63) is 47.4 Å². The highest BCUT2D eigenvalue weighted by Crippen LogP contribution is 2.30. The van der Waals surface area contributed by atoms with Gasteiger partial charge in [-0.2, -0.15) is 5.10 Å². The molecule has 0 amide bonds. The van der Waals surface area contributed by atoms with E-state index >= 15 is 0 Å². The van der Waals surface area contributed by atoms with Crippen molar-refractivity contribution in [2.45, 2.75) is 45.8 Å². The fraction of sp³-hybridized carbons (Fsp3) is 0.471. The minimum absolute atomic E-state index is 0.660. The zero-order valence-electron chi connectivity index (χ0n) is 13.9. The molecule has 1 fully saturated rings. The third-order valence-electron chi connectivity index (χ3n) is 4.55. The van der Waals surface area contributed by atoms with E-state index in [2.05, 4.69) is 39.6 Å². The highest BCUT2D eigenvalue weighted by molar-refractivity contribution is 5.47. The van der Waals surface area contributed by atoms with E-state index in [1.807, 2.05) is 30.0 Å². The van der Waals surface area contributed by atoms with Gasteiger partial charge in [-0.3, -0.25) is 4.90 Å². The monoisotopic (exact) mass is 310 g/mol. The first-order valence-electron chi connectivity index (χ1n) is 8.13. The van der Waals surface area contributed by atoms with E-state index in [4.69, 9.17) is 4.98 Å². The Morgan fingerprint density at radius 1 is 1.26 bits per heavy atom. The average molecular weight is 310 g/mol. The minimum atomic E-state index is 0.660. The summed E-state index contributed by atoms with van der Waals surface area (Å²) in [6.07, 6.45) is 8.38. The third-order valence-corrected chi connectivity index (χ3v) is 4.55. The van der Waals surface area contributed by atoms with Crippen LogP contribution >= 0.6 is 0 Å². The largest absolute Gasteiger partial charge is 0.337 e. The second-order valence-corrected chi connectivity index (χ2v) is 6.53. The van der Waals surface area contributed by atoms with Crippen LogP contribution in [0.5, 0.6) is 0 Å². The van der Waals surface area contributed by atoms with E-state index in [0.29, 0.717) is 6.04 Å². The van der Waals surface area contributed by atoms with Crippen LogP contribution in [0.15, 0.2) is 24.7 Å². The number of hydrogen-bond donors (Lipinski definition) is 0. The molecule has 0 aromatic carbocycles. The Morgan fingerprint density at radius 3 is 2.78 bits per heavy atom. The number of nitrogens with zero attached hydrogens (tertiary/aromatic N) is 6. The predicted octanol–water partition coefficient (Wildman–Crippen LogP) is 2.24. The molecule has 0 aliphatic heterocycles. The van der Waals surface area contributed by atoms with E-state index in [9.17, 15) is 0 Å². The van der Waals surface area contributed by atoms with E-state index in [0.717, 1.165) is 35.9 Å². The first-order chi connectivity index (χ1) is 11.1. The molecule has 6 heteroatoms. The maximum atomic E-state index is 4.70. The fourth-order valence-electron chi connectivity index (χ4n) is 3.13. The SMILES string of the molecule is Cc1cc(C)n2ncc(CN(Cc3nccn3C)C3CC3)c2n1. The summed E-state index contributed by atoms with van der Waals surface area (Å²) < 4.78 is 4.03. The van der Waals surface area contributed by atoms with Crippen LogP contribution in [0.2, 0.25) is 0 Å². The lowest BCUT2D eigenvalue weighted by Crippen LogP contribution is -2.26. The van der Waals surface area contributed by atoms with Gasteiger partial charge in [0.1, 0.15) is 5.82 Å². The lowest BCUT2D eigenvalue weighted by atomic mass is 10.2. The number of fused-ring (bicyclic) bond motifs is 1. The number of hydrogen-bond acceptors (Lipinski definition) is 4. The number of aryl methyl sites for hydroxylation is 3. The molecule has 0 saturated heterocycles. The molecule has 0 unspecified atom stereocenters. The summed E-state index contributed by atoms with van der Waals surface area (Å²) in [7, 11) is 2.05. The molecule has 3 heterocycles. The normalized spacial score (nSPS) is 15.0. The standard InChI is InChI=1S/C17H22N6/c1-12-8-13(2)23-17(20-12)14(9-19-23)10-22(15-4-5-15)11-16-18-6-7-21(16)3/h6-9,15H,4-5,10-11H2,1-3H3. The summed E-state index contributed by atoms with van der Waals surface area (Å²) in [6, 6.07) is 2.73. The Morgan fingerprint density at radius 2 is 2.09 bits per heavy atom. The average Bonchev–Trinajstić information content (AvgIpc) is 3.17. The summed E-state index contributed by atoms with van der Waals surface area (Å²) in [5.74, 6) is 1.11. The van der Waals surface area contributed by atoms with Gasteiger partial charge in [-0.15, -0.1) is 0 Å². The maximum Gasteiger partial charge on any atom is 0.159 e. The molecule has 6 nitrogen and oxygen atoms in total. The summed E-state index contributed by atoms with van der Waals surface area (Å²) in [6.45, 7) is 5.86. The topological polar surface area (TPSA) is 51.2 Å². The van der Waals surface area contributed by atoms with E-state index in [-0.39, 0.29) is 0 Å². The Balaban J connectivity index is 1.63. The summed E-state index contributed by atoms with van der Waals surface area (Å²) in [5.41, 5.74) is 4.34. The van der Waals surface area contributed by atoms with Crippen LogP contribution in [0.25, 0.3) is 5.65 Å². The zero-order valence-corrected chi connectivity index (χ0v) is 13.9. The van der Waals surface area contributed by atoms with Crippen molar-refractivity contribution in [1.82, 2.24) is 29.0 Å². The van der Waals surface area contributed by atoms with E-state index < -0.39 is 0 Å². The van der Waals surface area contributed by atoms with Gasteiger partial charge in [-0.05, 0) is 32.8 Å². The van der Waals surface area contributed by atoms with Crippen molar-refractivity contribution in [2.75, 3.05) is 0 Å². The lowest BCUT2D eigenvalue weighted by molar-refractivity contribution is 0.238. The molecule has 0 bridgehead atoms. The highest BCUT2D eigenvalue weighted by atomic mass is 15.3. The smallest absolute Gasteiger partial charge is 0.159 e. The molecular weight excluding hydrogens is 288 g/mol.